The van der Waals surface area contributed by atoms with Crippen molar-refractivity contribution in [3.05, 3.63) is 47.0 Å². The zero-order valence-corrected chi connectivity index (χ0v) is 15.8. The van der Waals surface area contributed by atoms with E-state index in [4.69, 9.17) is 9.47 Å². The van der Waals surface area contributed by atoms with E-state index in [1.54, 1.807) is 19.1 Å². The molecule has 0 amide bonds. The fourth-order valence-corrected chi connectivity index (χ4v) is 5.07. The van der Waals surface area contributed by atoms with E-state index in [2.05, 4.69) is 6.07 Å². The van der Waals surface area contributed by atoms with Gasteiger partial charge in [0.1, 0.15) is 0 Å². The Morgan fingerprint density at radius 2 is 1.68 bits per heavy atom. The van der Waals surface area contributed by atoms with Crippen LogP contribution in [0.15, 0.2) is 35.2 Å². The summed E-state index contributed by atoms with van der Waals surface area (Å²) < 4.78 is 38.8. The second kappa shape index (κ2) is 6.59. The highest BCUT2D eigenvalue weighted by Crippen LogP contribution is 2.37. The summed E-state index contributed by atoms with van der Waals surface area (Å²) in [6.45, 7) is 4.27. The maximum Gasteiger partial charge on any atom is 0.264 e. The maximum absolute atomic E-state index is 13.4. The average Bonchev–Trinajstić information content (AvgIpc) is 2.60. The Bertz CT molecular complexity index is 906. The average molecular weight is 361 g/mol. The number of hydrogen-bond acceptors (Lipinski definition) is 4. The Balaban J connectivity index is 2.13. The first-order valence-electron chi connectivity index (χ1n) is 8.23. The molecule has 3 rings (SSSR count). The molecule has 25 heavy (non-hydrogen) atoms. The van der Waals surface area contributed by atoms with Crippen LogP contribution in [0.5, 0.6) is 11.5 Å². The third kappa shape index (κ3) is 3.06. The molecule has 0 bridgehead atoms. The van der Waals surface area contributed by atoms with E-state index in [9.17, 15) is 8.42 Å². The van der Waals surface area contributed by atoms with Crippen LogP contribution in [0.2, 0.25) is 0 Å². The van der Waals surface area contributed by atoms with Crippen LogP contribution in [-0.2, 0) is 16.4 Å². The minimum absolute atomic E-state index is 0.249. The van der Waals surface area contributed by atoms with Gasteiger partial charge < -0.3 is 9.47 Å². The van der Waals surface area contributed by atoms with Gasteiger partial charge in [-0.3, -0.25) is 4.31 Å². The Labute approximate surface area is 149 Å². The molecule has 2 aromatic rings. The number of rotatable bonds is 4. The van der Waals surface area contributed by atoms with Crippen LogP contribution in [0, 0.1) is 13.8 Å². The predicted molar refractivity (Wildman–Crippen MR) is 98.3 cm³/mol. The van der Waals surface area contributed by atoms with Crippen LogP contribution in [0.1, 0.15) is 23.1 Å². The first kappa shape index (κ1) is 17.6. The third-order valence-electron chi connectivity index (χ3n) is 4.56. The first-order valence-corrected chi connectivity index (χ1v) is 9.67. The summed E-state index contributed by atoms with van der Waals surface area (Å²) in [6.07, 6.45) is 1.70. The molecule has 0 saturated heterocycles. The summed E-state index contributed by atoms with van der Waals surface area (Å²) in [6, 6.07) is 9.17. The maximum atomic E-state index is 13.4. The van der Waals surface area contributed by atoms with Crippen molar-refractivity contribution in [3.63, 3.8) is 0 Å². The van der Waals surface area contributed by atoms with Crippen LogP contribution in [0.25, 0.3) is 0 Å². The number of ether oxygens (including phenoxy) is 2. The third-order valence-corrected chi connectivity index (χ3v) is 6.52. The number of anilines is 1. The Morgan fingerprint density at radius 3 is 2.36 bits per heavy atom. The number of fused-ring (bicyclic) bond motifs is 1. The van der Waals surface area contributed by atoms with Gasteiger partial charge in [-0.1, -0.05) is 17.7 Å². The van der Waals surface area contributed by atoms with Crippen molar-refractivity contribution in [2.24, 2.45) is 0 Å². The minimum atomic E-state index is -3.68. The Kier molecular flexibility index (Phi) is 4.64. The van der Waals surface area contributed by atoms with Gasteiger partial charge in [0, 0.05) is 12.6 Å². The van der Waals surface area contributed by atoms with Crippen molar-refractivity contribution in [3.8, 4) is 11.5 Å². The van der Waals surface area contributed by atoms with Crippen molar-refractivity contribution < 1.29 is 17.9 Å². The van der Waals surface area contributed by atoms with Gasteiger partial charge in [-0.25, -0.2) is 8.42 Å². The van der Waals surface area contributed by atoms with Crippen molar-refractivity contribution in [1.82, 2.24) is 0 Å². The molecule has 0 aromatic heterocycles. The van der Waals surface area contributed by atoms with Gasteiger partial charge in [-0.05, 0) is 49.9 Å². The van der Waals surface area contributed by atoms with Crippen LogP contribution < -0.4 is 13.8 Å². The van der Waals surface area contributed by atoms with Crippen molar-refractivity contribution in [2.45, 2.75) is 31.6 Å². The fraction of sp³-hybridized carbons (Fsp3) is 0.368. The molecule has 0 unspecified atom stereocenters. The van der Waals surface area contributed by atoms with E-state index in [0.29, 0.717) is 23.6 Å². The molecule has 134 valence electrons. The number of sulfonamides is 1. The van der Waals surface area contributed by atoms with Crippen LogP contribution >= 0.6 is 0 Å². The van der Waals surface area contributed by atoms with Gasteiger partial charge >= 0.3 is 0 Å². The largest absolute Gasteiger partial charge is 0.493 e. The smallest absolute Gasteiger partial charge is 0.264 e. The second-order valence-corrected chi connectivity index (χ2v) is 8.12. The number of hydrogen-bond donors (Lipinski definition) is 0. The van der Waals surface area contributed by atoms with Gasteiger partial charge in [-0.2, -0.15) is 0 Å². The Morgan fingerprint density at radius 1 is 1.00 bits per heavy atom. The van der Waals surface area contributed by atoms with Gasteiger partial charge in [0.25, 0.3) is 10.0 Å². The SMILES string of the molecule is COc1cc(C)c(S(=O)(=O)N2CCCc3cc(C)ccc32)cc1OC. The second-order valence-electron chi connectivity index (χ2n) is 6.29. The number of aryl methyl sites for hydroxylation is 3. The highest BCUT2D eigenvalue weighted by atomic mass is 32.2. The molecule has 0 atom stereocenters. The molecule has 5 nitrogen and oxygen atoms in total. The number of benzene rings is 2. The van der Waals surface area contributed by atoms with E-state index in [1.807, 2.05) is 19.1 Å². The summed E-state index contributed by atoms with van der Waals surface area (Å²) in [7, 11) is -0.640. The number of nitrogens with zero attached hydrogens (tertiary/aromatic N) is 1. The van der Waals surface area contributed by atoms with E-state index in [1.165, 1.54) is 18.5 Å². The standard InChI is InChI=1S/C19H23NO4S/c1-13-7-8-16-15(10-13)6-5-9-20(16)25(21,22)19-12-18(24-4)17(23-3)11-14(19)2/h7-8,10-12H,5-6,9H2,1-4H3. The summed E-state index contributed by atoms with van der Waals surface area (Å²) in [5, 5.41) is 0. The van der Waals surface area contributed by atoms with Gasteiger partial charge in [-0.15, -0.1) is 0 Å². The van der Waals surface area contributed by atoms with Crippen LogP contribution in [0.3, 0.4) is 0 Å². The van der Waals surface area contributed by atoms with E-state index >= 15 is 0 Å². The molecule has 6 heteroatoms. The normalized spacial score (nSPS) is 14.2. The molecule has 0 spiro atoms. The molecule has 0 N–H and O–H groups in total. The lowest BCUT2D eigenvalue weighted by molar-refractivity contribution is 0.353. The van der Waals surface area contributed by atoms with E-state index in [0.717, 1.165) is 29.7 Å². The summed E-state index contributed by atoms with van der Waals surface area (Å²) in [5.41, 5.74) is 3.62. The summed E-state index contributed by atoms with van der Waals surface area (Å²) in [5.74, 6) is 0.932. The lowest BCUT2D eigenvalue weighted by Crippen LogP contribution is -2.35. The van der Waals surface area contributed by atoms with Crippen molar-refractivity contribution in [2.75, 3.05) is 25.1 Å². The lowest BCUT2D eigenvalue weighted by atomic mass is 10.0. The molecule has 1 aliphatic heterocycles. The first-order chi connectivity index (χ1) is 11.9. The zero-order valence-electron chi connectivity index (χ0n) is 15.0. The molecule has 1 heterocycles. The summed E-state index contributed by atoms with van der Waals surface area (Å²) >= 11 is 0. The van der Waals surface area contributed by atoms with E-state index < -0.39 is 10.0 Å². The molecule has 0 radical (unpaired) electrons. The molecule has 0 aliphatic carbocycles. The molecular weight excluding hydrogens is 338 g/mol. The number of methoxy groups -OCH3 is 2. The topological polar surface area (TPSA) is 55.8 Å². The lowest BCUT2D eigenvalue weighted by Gasteiger charge is -2.31. The summed E-state index contributed by atoms with van der Waals surface area (Å²) in [4.78, 5) is 0.249. The molecule has 1 aliphatic rings. The molecular formula is C19H23NO4S. The quantitative estimate of drug-likeness (QED) is 0.837. The zero-order chi connectivity index (χ0) is 18.2. The molecule has 0 saturated carbocycles. The van der Waals surface area contributed by atoms with Crippen LogP contribution in [0.4, 0.5) is 5.69 Å². The molecule has 2 aromatic carbocycles. The van der Waals surface area contributed by atoms with Gasteiger partial charge in [0.15, 0.2) is 11.5 Å². The van der Waals surface area contributed by atoms with E-state index in [-0.39, 0.29) is 4.90 Å². The van der Waals surface area contributed by atoms with Gasteiger partial charge in [0.05, 0.1) is 24.8 Å². The molecule has 0 fully saturated rings. The fourth-order valence-electron chi connectivity index (χ4n) is 3.30. The van der Waals surface area contributed by atoms with Crippen molar-refractivity contribution in [1.29, 1.82) is 0 Å². The highest BCUT2D eigenvalue weighted by Gasteiger charge is 2.31. The monoisotopic (exact) mass is 361 g/mol. The van der Waals surface area contributed by atoms with Gasteiger partial charge in [0.2, 0.25) is 0 Å². The van der Waals surface area contributed by atoms with Crippen LogP contribution in [-0.4, -0.2) is 29.2 Å². The minimum Gasteiger partial charge on any atom is -0.493 e. The highest BCUT2D eigenvalue weighted by molar-refractivity contribution is 7.92. The predicted octanol–water partition coefficient (Wildman–Crippen LogP) is 3.46. The van der Waals surface area contributed by atoms with Crippen molar-refractivity contribution >= 4 is 15.7 Å². The Hall–Kier alpha value is -2.21.